The van der Waals surface area contributed by atoms with Crippen molar-refractivity contribution in [3.8, 4) is 0 Å². The lowest BCUT2D eigenvalue weighted by atomic mass is 10.0. The van der Waals surface area contributed by atoms with Crippen LogP contribution >= 0.6 is 11.8 Å². The zero-order valence-electron chi connectivity index (χ0n) is 31.1. The van der Waals surface area contributed by atoms with E-state index in [1.165, 1.54) is 32.5 Å². The first-order chi connectivity index (χ1) is 25.6. The van der Waals surface area contributed by atoms with Crippen molar-refractivity contribution in [1.29, 1.82) is 0 Å². The molecule has 23 heteroatoms. The Balaban J connectivity index is 6.39. The second kappa shape index (κ2) is 25.9. The van der Waals surface area contributed by atoms with Crippen molar-refractivity contribution in [1.82, 2.24) is 31.9 Å². The second-order valence-electron chi connectivity index (χ2n) is 12.8. The Morgan fingerprint density at radius 3 is 1.31 bits per heavy atom. The molecule has 6 amide bonds. The van der Waals surface area contributed by atoms with Crippen LogP contribution in [0.3, 0.4) is 0 Å². The second-order valence-corrected chi connectivity index (χ2v) is 13.8. The first-order valence-corrected chi connectivity index (χ1v) is 18.7. The summed E-state index contributed by atoms with van der Waals surface area (Å²) in [5.74, 6) is -12.0. The number of carboxylic acids is 4. The van der Waals surface area contributed by atoms with Crippen LogP contribution in [-0.4, -0.2) is 141 Å². The highest BCUT2D eigenvalue weighted by molar-refractivity contribution is 7.98. The number of carbonyl (C=O) groups excluding carboxylic acids is 6. The fourth-order valence-electron chi connectivity index (χ4n) is 4.71. The van der Waals surface area contributed by atoms with E-state index in [0.717, 1.165) is 0 Å². The fourth-order valence-corrected chi connectivity index (χ4v) is 5.19. The number of nitrogens with two attached hydrogens (primary N) is 2. The third-order valence-electron chi connectivity index (χ3n) is 7.79. The van der Waals surface area contributed by atoms with Gasteiger partial charge in [0.25, 0.3) is 0 Å². The van der Waals surface area contributed by atoms with Crippen molar-refractivity contribution in [2.75, 3.05) is 18.6 Å². The number of hydrogen-bond acceptors (Lipinski definition) is 13. The lowest BCUT2D eigenvalue weighted by Gasteiger charge is -2.28. The van der Waals surface area contributed by atoms with Crippen molar-refractivity contribution in [3.63, 3.8) is 0 Å². The van der Waals surface area contributed by atoms with Crippen LogP contribution in [-0.2, 0) is 47.9 Å². The lowest BCUT2D eigenvalue weighted by molar-refractivity contribution is -0.147. The first-order valence-electron chi connectivity index (χ1n) is 17.3. The predicted octanol–water partition coefficient (Wildman–Crippen LogP) is -3.32. The highest BCUT2D eigenvalue weighted by Gasteiger charge is 2.35. The third-order valence-corrected chi connectivity index (χ3v) is 8.43. The molecule has 0 aliphatic carbocycles. The van der Waals surface area contributed by atoms with Crippen molar-refractivity contribution in [2.45, 2.75) is 114 Å². The summed E-state index contributed by atoms with van der Waals surface area (Å²) in [4.78, 5) is 125. The Labute approximate surface area is 321 Å². The molecule has 0 aromatic rings. The van der Waals surface area contributed by atoms with E-state index < -0.39 is 140 Å². The van der Waals surface area contributed by atoms with Gasteiger partial charge in [0.15, 0.2) is 0 Å². The molecule has 0 aliphatic rings. The number of thioether (sulfide) groups is 1. The van der Waals surface area contributed by atoms with Gasteiger partial charge in [-0.05, 0) is 63.5 Å². The Morgan fingerprint density at radius 2 is 0.945 bits per heavy atom. The smallest absolute Gasteiger partial charge is 0.326 e. The van der Waals surface area contributed by atoms with E-state index >= 15 is 0 Å². The molecule has 55 heavy (non-hydrogen) atoms. The van der Waals surface area contributed by atoms with Crippen LogP contribution in [0.4, 0.5) is 0 Å². The average molecular weight is 807 g/mol. The Kier molecular flexibility index (Phi) is 23.5. The maximum absolute atomic E-state index is 13.6. The highest BCUT2D eigenvalue weighted by atomic mass is 32.2. The van der Waals surface area contributed by atoms with Crippen LogP contribution < -0.4 is 43.4 Å². The van der Waals surface area contributed by atoms with Crippen LogP contribution in [0.5, 0.6) is 0 Å². The molecule has 0 aliphatic heterocycles. The van der Waals surface area contributed by atoms with Crippen LogP contribution in [0.1, 0.15) is 72.1 Å². The number of nitrogens with one attached hydrogen (secondary N) is 6. The maximum atomic E-state index is 13.6. The largest absolute Gasteiger partial charge is 0.481 e. The molecule has 0 spiro atoms. The summed E-state index contributed by atoms with van der Waals surface area (Å²) >= 11 is 1.32. The van der Waals surface area contributed by atoms with Gasteiger partial charge in [-0.25, -0.2) is 4.79 Å². The summed E-state index contributed by atoms with van der Waals surface area (Å²) in [6, 6.07) is -10.1. The minimum Gasteiger partial charge on any atom is -0.481 e. The third kappa shape index (κ3) is 20.3. The summed E-state index contributed by atoms with van der Waals surface area (Å²) in [6.45, 7) is 4.50. The van der Waals surface area contributed by atoms with E-state index in [-0.39, 0.29) is 19.4 Å². The predicted molar refractivity (Wildman–Crippen MR) is 195 cm³/mol. The van der Waals surface area contributed by atoms with Gasteiger partial charge >= 0.3 is 23.9 Å². The van der Waals surface area contributed by atoms with E-state index in [1.54, 1.807) is 6.26 Å². The normalized spacial score (nSPS) is 14.7. The van der Waals surface area contributed by atoms with Gasteiger partial charge in [0.1, 0.15) is 36.3 Å². The van der Waals surface area contributed by atoms with Gasteiger partial charge in [-0.3, -0.25) is 43.2 Å². The van der Waals surface area contributed by atoms with Gasteiger partial charge in [-0.2, -0.15) is 11.8 Å². The van der Waals surface area contributed by atoms with E-state index in [1.807, 2.05) is 5.32 Å². The first kappa shape index (κ1) is 50.0. The Hall–Kier alpha value is -5.03. The SMILES string of the molecule is CSCC[C@H](NC(=O)[C@H](CCCN)NC(=O)[C@H](C)N)C(=O)N[C@@H](CCC(=O)O)C(=O)N[C@@H](CCC(=O)O)C(=O)N[C@H](C(=O)N[C@@H](CC(=O)O)C(=O)O)C(C)C. The van der Waals surface area contributed by atoms with Gasteiger partial charge in [0, 0.05) is 12.8 Å². The standard InChI is InChI=1S/C32H54N8O14S/c1-15(2)25(31(52)39-21(32(53)54)14-24(45)46)40-30(51)19(8-10-23(43)44)37-28(49)18(7-9-22(41)42)36-29(50)20(11-13-55-4)38-27(48)17(6-5-12-33)35-26(47)16(3)34/h15-21,25H,5-14,33-34H2,1-4H3,(H,35,47)(H,36,50)(H,37,49)(H,38,48)(H,39,52)(H,40,51)(H,41,42)(H,43,44)(H,45,46)(H,53,54)/t16-,17-,18-,19-,20-,21-,25-/m0/s1. The maximum Gasteiger partial charge on any atom is 0.326 e. The van der Waals surface area contributed by atoms with Gasteiger partial charge in [-0.1, -0.05) is 13.8 Å². The van der Waals surface area contributed by atoms with Crippen molar-refractivity contribution in [3.05, 3.63) is 0 Å². The molecule has 0 unspecified atom stereocenters. The molecule has 0 aromatic carbocycles. The molecule has 312 valence electrons. The minimum atomic E-state index is -1.86. The summed E-state index contributed by atoms with van der Waals surface area (Å²) in [5.41, 5.74) is 11.2. The number of amides is 6. The summed E-state index contributed by atoms with van der Waals surface area (Å²) in [5, 5.41) is 51.0. The molecule has 0 fully saturated rings. The molecule has 7 atom stereocenters. The van der Waals surface area contributed by atoms with Crippen molar-refractivity contribution in [2.24, 2.45) is 17.4 Å². The number of carboxylic acid groups (broad SMARTS) is 4. The summed E-state index contributed by atoms with van der Waals surface area (Å²) in [6.07, 6.45) is -1.24. The minimum absolute atomic E-state index is 0.0222. The fraction of sp³-hybridized carbons (Fsp3) is 0.688. The lowest BCUT2D eigenvalue weighted by Crippen LogP contribution is -2.60. The molecule has 0 bridgehead atoms. The molecule has 14 N–H and O–H groups in total. The Morgan fingerprint density at radius 1 is 0.545 bits per heavy atom. The van der Waals surface area contributed by atoms with Crippen LogP contribution in [0, 0.1) is 5.92 Å². The quantitative estimate of drug-likeness (QED) is 0.0368. The van der Waals surface area contributed by atoms with E-state index in [9.17, 15) is 63.3 Å². The number of hydrogen-bond donors (Lipinski definition) is 12. The van der Waals surface area contributed by atoms with Crippen molar-refractivity contribution < 1.29 is 68.4 Å². The molecular formula is C32H54N8O14S. The average Bonchev–Trinajstić information content (AvgIpc) is 3.09. The van der Waals surface area contributed by atoms with Crippen LogP contribution in [0.15, 0.2) is 0 Å². The zero-order valence-corrected chi connectivity index (χ0v) is 31.9. The molecule has 0 saturated carbocycles. The number of carbonyl (C=O) groups is 10. The van der Waals surface area contributed by atoms with Crippen LogP contribution in [0.25, 0.3) is 0 Å². The highest BCUT2D eigenvalue weighted by Crippen LogP contribution is 2.10. The summed E-state index contributed by atoms with van der Waals surface area (Å²) < 4.78 is 0. The van der Waals surface area contributed by atoms with Gasteiger partial charge in [0.2, 0.25) is 35.4 Å². The monoisotopic (exact) mass is 806 g/mol. The Bertz CT molecular complexity index is 1380. The van der Waals surface area contributed by atoms with Gasteiger partial charge in [0.05, 0.1) is 12.5 Å². The summed E-state index contributed by atoms with van der Waals surface area (Å²) in [7, 11) is 0. The number of aliphatic carboxylic acids is 4. The molecule has 0 heterocycles. The van der Waals surface area contributed by atoms with Gasteiger partial charge < -0.3 is 63.8 Å². The molecule has 0 aromatic heterocycles. The van der Waals surface area contributed by atoms with Crippen LogP contribution in [0.2, 0.25) is 0 Å². The number of rotatable bonds is 28. The topological polar surface area (TPSA) is 376 Å². The van der Waals surface area contributed by atoms with Crippen molar-refractivity contribution >= 4 is 71.1 Å². The molecular weight excluding hydrogens is 752 g/mol. The van der Waals surface area contributed by atoms with Gasteiger partial charge in [-0.15, -0.1) is 0 Å². The molecule has 0 rings (SSSR count). The molecule has 0 saturated heterocycles. The van der Waals surface area contributed by atoms with E-state index in [4.69, 9.17) is 16.6 Å². The zero-order chi connectivity index (χ0) is 42.4. The van der Waals surface area contributed by atoms with E-state index in [2.05, 4.69) is 26.6 Å². The molecule has 22 nitrogen and oxygen atoms in total. The van der Waals surface area contributed by atoms with E-state index in [0.29, 0.717) is 12.2 Å². The molecule has 0 radical (unpaired) electrons.